The van der Waals surface area contributed by atoms with Gasteiger partial charge in [-0.2, -0.15) is 9.61 Å². The number of nitrogens with zero attached hydrogens (tertiary/aromatic N) is 7. The van der Waals surface area contributed by atoms with Crippen LogP contribution in [0.1, 0.15) is 18.4 Å². The van der Waals surface area contributed by atoms with E-state index in [0.29, 0.717) is 35.1 Å². The number of aromatic nitrogens is 6. The van der Waals surface area contributed by atoms with Gasteiger partial charge in [0.15, 0.2) is 11.5 Å². The second-order valence-electron chi connectivity index (χ2n) is 5.93. The third-order valence-corrected chi connectivity index (χ3v) is 5.04. The standard InChI is InChI=1S/C19H18N8OS/c1-4-13(19-15(20-2)7-12(28-3)8-23-19)22-10-18-25-24-17-6-5-14(26-27(17)18)16-9-21-11-29-16/h4-9,11,22H,2,10H2,1,3H3/b13-4+. The van der Waals surface area contributed by atoms with Crippen molar-refractivity contribution in [2.75, 3.05) is 7.11 Å². The van der Waals surface area contributed by atoms with Crippen molar-refractivity contribution >= 4 is 35.1 Å². The Hall–Kier alpha value is -3.66. The summed E-state index contributed by atoms with van der Waals surface area (Å²) in [6.07, 6.45) is 5.35. The van der Waals surface area contributed by atoms with Crippen LogP contribution in [0.3, 0.4) is 0 Å². The van der Waals surface area contributed by atoms with Gasteiger partial charge in [-0.15, -0.1) is 21.5 Å². The van der Waals surface area contributed by atoms with E-state index in [9.17, 15) is 0 Å². The van der Waals surface area contributed by atoms with Gasteiger partial charge < -0.3 is 10.1 Å². The maximum absolute atomic E-state index is 5.21. The van der Waals surface area contributed by atoms with E-state index in [2.05, 4.69) is 42.3 Å². The number of pyridine rings is 1. The Labute approximate surface area is 170 Å². The van der Waals surface area contributed by atoms with Crippen molar-refractivity contribution in [3.63, 3.8) is 0 Å². The highest BCUT2D eigenvalue weighted by Gasteiger charge is 2.13. The van der Waals surface area contributed by atoms with Crippen LogP contribution in [-0.4, -0.2) is 43.6 Å². The first kappa shape index (κ1) is 18.7. The fraction of sp³-hybridized carbons (Fsp3) is 0.158. The molecule has 0 radical (unpaired) electrons. The molecule has 29 heavy (non-hydrogen) atoms. The van der Waals surface area contributed by atoms with Crippen molar-refractivity contribution in [2.45, 2.75) is 13.5 Å². The molecule has 4 aromatic rings. The molecule has 9 nitrogen and oxygen atoms in total. The van der Waals surface area contributed by atoms with Crippen LogP contribution in [0.25, 0.3) is 21.9 Å². The van der Waals surface area contributed by atoms with Gasteiger partial charge in [-0.3, -0.25) is 9.98 Å². The van der Waals surface area contributed by atoms with E-state index in [0.717, 1.165) is 16.3 Å². The Balaban J connectivity index is 1.60. The predicted octanol–water partition coefficient (Wildman–Crippen LogP) is 3.13. The van der Waals surface area contributed by atoms with E-state index in [-0.39, 0.29) is 0 Å². The van der Waals surface area contributed by atoms with Gasteiger partial charge in [0, 0.05) is 12.3 Å². The smallest absolute Gasteiger partial charge is 0.178 e. The third-order valence-electron chi connectivity index (χ3n) is 4.24. The molecule has 0 unspecified atom stereocenters. The molecule has 0 aliphatic carbocycles. The number of nitrogens with one attached hydrogen (secondary N) is 1. The zero-order valence-electron chi connectivity index (χ0n) is 15.9. The lowest BCUT2D eigenvalue weighted by Gasteiger charge is -2.12. The number of ether oxygens (including phenoxy) is 1. The fourth-order valence-corrected chi connectivity index (χ4v) is 3.37. The van der Waals surface area contributed by atoms with E-state index in [1.807, 2.05) is 25.1 Å². The summed E-state index contributed by atoms with van der Waals surface area (Å²) < 4.78 is 6.94. The van der Waals surface area contributed by atoms with Gasteiger partial charge in [0.05, 0.1) is 41.6 Å². The average molecular weight is 406 g/mol. The van der Waals surface area contributed by atoms with Crippen molar-refractivity contribution in [2.24, 2.45) is 4.99 Å². The van der Waals surface area contributed by atoms with Gasteiger partial charge >= 0.3 is 0 Å². The molecule has 4 aromatic heterocycles. The van der Waals surface area contributed by atoms with Crippen molar-refractivity contribution in [3.05, 3.63) is 53.7 Å². The van der Waals surface area contributed by atoms with Crippen LogP contribution in [0.5, 0.6) is 5.75 Å². The van der Waals surface area contributed by atoms with Gasteiger partial charge in [-0.1, -0.05) is 6.08 Å². The maximum Gasteiger partial charge on any atom is 0.178 e. The second-order valence-corrected chi connectivity index (χ2v) is 6.81. The molecule has 0 spiro atoms. The first-order valence-corrected chi connectivity index (χ1v) is 9.63. The normalized spacial score (nSPS) is 11.6. The van der Waals surface area contributed by atoms with E-state index < -0.39 is 0 Å². The molecule has 0 amide bonds. The Bertz CT molecular complexity index is 1180. The van der Waals surface area contributed by atoms with Crippen LogP contribution >= 0.6 is 11.3 Å². The molecule has 0 atom stereocenters. The van der Waals surface area contributed by atoms with E-state index in [1.54, 1.807) is 35.6 Å². The Morgan fingerprint density at radius 3 is 2.97 bits per heavy atom. The lowest BCUT2D eigenvalue weighted by Crippen LogP contribution is -2.16. The van der Waals surface area contributed by atoms with Gasteiger partial charge in [0.2, 0.25) is 0 Å². The van der Waals surface area contributed by atoms with Crippen LogP contribution in [0, 0.1) is 0 Å². The number of allylic oxidation sites excluding steroid dienone is 1. The topological polar surface area (TPSA) is 102 Å². The van der Waals surface area contributed by atoms with Gasteiger partial charge in [-0.05, 0) is 25.8 Å². The quantitative estimate of drug-likeness (QED) is 0.470. The minimum atomic E-state index is 0.407. The lowest BCUT2D eigenvalue weighted by molar-refractivity contribution is 0.413. The highest BCUT2D eigenvalue weighted by molar-refractivity contribution is 7.13. The number of hydrogen-bond acceptors (Lipinski definition) is 9. The summed E-state index contributed by atoms with van der Waals surface area (Å²) in [6.45, 7) is 5.95. The van der Waals surface area contributed by atoms with E-state index in [4.69, 9.17) is 4.74 Å². The Morgan fingerprint density at radius 1 is 1.34 bits per heavy atom. The molecule has 146 valence electrons. The number of thiazole rings is 1. The van der Waals surface area contributed by atoms with Crippen LogP contribution < -0.4 is 10.1 Å². The molecule has 0 fully saturated rings. The van der Waals surface area contributed by atoms with Crippen molar-refractivity contribution in [3.8, 4) is 16.3 Å². The Morgan fingerprint density at radius 2 is 2.24 bits per heavy atom. The average Bonchev–Trinajstić information content (AvgIpc) is 3.44. The van der Waals surface area contributed by atoms with Crippen LogP contribution in [-0.2, 0) is 6.54 Å². The minimum absolute atomic E-state index is 0.407. The van der Waals surface area contributed by atoms with Crippen molar-refractivity contribution < 1.29 is 4.74 Å². The van der Waals surface area contributed by atoms with Crippen molar-refractivity contribution in [1.29, 1.82) is 0 Å². The minimum Gasteiger partial charge on any atom is -0.495 e. The van der Waals surface area contributed by atoms with Crippen molar-refractivity contribution in [1.82, 2.24) is 35.1 Å². The van der Waals surface area contributed by atoms with Crippen LogP contribution in [0.4, 0.5) is 5.69 Å². The molecule has 0 saturated heterocycles. The number of fused-ring (bicyclic) bond motifs is 1. The summed E-state index contributed by atoms with van der Waals surface area (Å²) in [5.74, 6) is 1.29. The maximum atomic E-state index is 5.21. The molecule has 10 heteroatoms. The summed E-state index contributed by atoms with van der Waals surface area (Å²) in [7, 11) is 1.59. The molecular weight excluding hydrogens is 388 g/mol. The number of aliphatic imine (C=N–C) groups is 1. The number of methoxy groups -OCH3 is 1. The first-order chi connectivity index (χ1) is 14.2. The summed E-state index contributed by atoms with van der Waals surface area (Å²) in [6, 6.07) is 5.59. The number of hydrogen-bond donors (Lipinski definition) is 1. The molecule has 4 heterocycles. The first-order valence-electron chi connectivity index (χ1n) is 8.75. The highest BCUT2D eigenvalue weighted by Crippen LogP contribution is 2.27. The zero-order chi connectivity index (χ0) is 20.2. The number of rotatable bonds is 7. The summed E-state index contributed by atoms with van der Waals surface area (Å²) >= 11 is 1.53. The summed E-state index contributed by atoms with van der Waals surface area (Å²) in [5, 5.41) is 16.4. The molecular formula is C19H18N8OS. The fourth-order valence-electron chi connectivity index (χ4n) is 2.79. The Kier molecular flexibility index (Phi) is 5.25. The van der Waals surface area contributed by atoms with Gasteiger partial charge in [0.25, 0.3) is 0 Å². The van der Waals surface area contributed by atoms with Crippen LogP contribution in [0.15, 0.2) is 47.2 Å². The van der Waals surface area contributed by atoms with Crippen LogP contribution in [0.2, 0.25) is 0 Å². The molecule has 0 bridgehead atoms. The third kappa shape index (κ3) is 3.69. The molecule has 0 aliphatic rings. The summed E-state index contributed by atoms with van der Waals surface area (Å²) in [4.78, 5) is 13.6. The molecule has 0 aromatic carbocycles. The monoisotopic (exact) mass is 406 g/mol. The van der Waals surface area contributed by atoms with E-state index >= 15 is 0 Å². The summed E-state index contributed by atoms with van der Waals surface area (Å²) in [5.41, 5.74) is 5.37. The zero-order valence-corrected chi connectivity index (χ0v) is 16.7. The molecule has 0 aliphatic heterocycles. The molecule has 1 N–H and O–H groups in total. The predicted molar refractivity (Wildman–Crippen MR) is 112 cm³/mol. The largest absolute Gasteiger partial charge is 0.495 e. The molecule has 4 rings (SSSR count). The second kappa shape index (κ2) is 8.15. The SMILES string of the molecule is C=Nc1cc(OC)cnc1/C(=C\C)NCc1nnc2ccc(-c3cncs3)nn12. The highest BCUT2D eigenvalue weighted by atomic mass is 32.1. The lowest BCUT2D eigenvalue weighted by atomic mass is 10.2. The van der Waals surface area contributed by atoms with Gasteiger partial charge in [0.1, 0.15) is 17.1 Å². The molecule has 0 saturated carbocycles. The van der Waals surface area contributed by atoms with Gasteiger partial charge in [-0.25, -0.2) is 4.98 Å². The van der Waals surface area contributed by atoms with E-state index in [1.165, 1.54) is 11.3 Å².